The molecule has 0 aliphatic carbocycles. The van der Waals surface area contributed by atoms with Gasteiger partial charge in [-0.2, -0.15) is 0 Å². The summed E-state index contributed by atoms with van der Waals surface area (Å²) in [7, 11) is 0. The average molecular weight is 635 g/mol. The first kappa shape index (κ1) is 27.3. The summed E-state index contributed by atoms with van der Waals surface area (Å²) in [5, 5.41) is 12.8. The molecule has 0 fully saturated rings. The van der Waals surface area contributed by atoms with E-state index in [0.29, 0.717) is 0 Å². The minimum absolute atomic E-state index is 1.16. The normalized spacial score (nSPS) is 12.0. The number of para-hydroxylation sites is 2. The minimum atomic E-state index is 1.16. The van der Waals surface area contributed by atoms with E-state index in [2.05, 4.69) is 191 Å². The van der Waals surface area contributed by atoms with Crippen molar-refractivity contribution in [2.45, 2.75) is 0 Å². The van der Waals surface area contributed by atoms with Gasteiger partial charge in [-0.25, -0.2) is 0 Å². The first-order valence-electron chi connectivity index (χ1n) is 17.3. The monoisotopic (exact) mass is 634 g/mol. The largest absolute Gasteiger partial charge is 0.309 e. The van der Waals surface area contributed by atoms with Crippen molar-refractivity contribution >= 4 is 75.9 Å². The summed E-state index contributed by atoms with van der Waals surface area (Å²) < 4.78 is 4.92. The van der Waals surface area contributed by atoms with Gasteiger partial charge in [-0.05, 0) is 75.1 Å². The highest BCUT2D eigenvalue weighted by Crippen LogP contribution is 2.45. The van der Waals surface area contributed by atoms with Gasteiger partial charge in [0.1, 0.15) is 0 Å². The molecule has 232 valence electrons. The lowest BCUT2D eigenvalue weighted by atomic mass is 9.93. The summed E-state index contributed by atoms with van der Waals surface area (Å²) in [6.07, 6.45) is 0. The van der Waals surface area contributed by atoms with E-state index in [9.17, 15) is 0 Å². The third kappa shape index (κ3) is 3.79. The van der Waals surface area contributed by atoms with Gasteiger partial charge in [0, 0.05) is 43.7 Å². The van der Waals surface area contributed by atoms with Crippen molar-refractivity contribution in [1.29, 1.82) is 0 Å². The summed E-state index contributed by atoms with van der Waals surface area (Å²) in [4.78, 5) is 0. The van der Waals surface area contributed by atoms with Gasteiger partial charge in [0.15, 0.2) is 0 Å². The molecule has 0 spiro atoms. The molecule has 2 aromatic heterocycles. The van der Waals surface area contributed by atoms with Crippen LogP contribution >= 0.6 is 0 Å². The Morgan fingerprint density at radius 3 is 1.66 bits per heavy atom. The van der Waals surface area contributed by atoms with Crippen molar-refractivity contribution in [3.63, 3.8) is 0 Å². The van der Waals surface area contributed by atoms with E-state index in [0.717, 1.165) is 11.4 Å². The van der Waals surface area contributed by atoms with Crippen LogP contribution in [0.1, 0.15) is 0 Å². The average Bonchev–Trinajstić information content (AvgIpc) is 3.71. The number of hydrogen-bond acceptors (Lipinski definition) is 0. The standard InChI is InChI=1S/C48H30N2/c1-2-12-31(13-3-1)32-22-25-34(26-23-32)49-43-20-10-8-17-38(43)42-30-35(27-29-45(42)49)50-44-21-11-9-19-41(44)47-46-36-15-5-4-14-33(36)24-28-39(46)37-16-6-7-18-40(37)48(47)50/h1-30H. The zero-order valence-electron chi connectivity index (χ0n) is 27.2. The molecule has 0 bridgehead atoms. The summed E-state index contributed by atoms with van der Waals surface area (Å²) in [6, 6.07) is 66.6. The van der Waals surface area contributed by atoms with Crippen LogP contribution in [0.5, 0.6) is 0 Å². The van der Waals surface area contributed by atoms with Crippen molar-refractivity contribution in [3.8, 4) is 22.5 Å². The van der Waals surface area contributed by atoms with Crippen molar-refractivity contribution < 1.29 is 0 Å². The third-order valence-corrected chi connectivity index (χ3v) is 10.7. The fourth-order valence-electron chi connectivity index (χ4n) is 8.52. The van der Waals surface area contributed by atoms with Crippen LogP contribution in [0, 0.1) is 0 Å². The van der Waals surface area contributed by atoms with Crippen LogP contribution in [-0.4, -0.2) is 9.13 Å². The maximum Gasteiger partial charge on any atom is 0.0626 e. The Morgan fingerprint density at radius 1 is 0.280 bits per heavy atom. The lowest BCUT2D eigenvalue weighted by Crippen LogP contribution is -1.96. The SMILES string of the molecule is c1ccc(-c2ccc(-n3c4ccccc4c4cc(-n5c6ccccc6c6c7c8ccccc8ccc7c7ccccc7c65)ccc43)cc2)cc1. The summed E-state index contributed by atoms with van der Waals surface area (Å²) >= 11 is 0. The quantitative estimate of drug-likeness (QED) is 0.171. The Labute approximate surface area is 288 Å². The van der Waals surface area contributed by atoms with Crippen LogP contribution in [-0.2, 0) is 0 Å². The number of nitrogens with zero attached hydrogens (tertiary/aromatic N) is 2. The van der Waals surface area contributed by atoms with Crippen molar-refractivity contribution in [2.75, 3.05) is 0 Å². The number of rotatable bonds is 3. The smallest absolute Gasteiger partial charge is 0.0626 e. The number of hydrogen-bond donors (Lipinski definition) is 0. The second-order valence-electron chi connectivity index (χ2n) is 13.3. The van der Waals surface area contributed by atoms with Crippen LogP contribution in [0.25, 0.3) is 98.4 Å². The third-order valence-electron chi connectivity index (χ3n) is 10.7. The number of aromatic nitrogens is 2. The van der Waals surface area contributed by atoms with Gasteiger partial charge < -0.3 is 9.13 Å². The zero-order chi connectivity index (χ0) is 32.8. The molecule has 11 aromatic rings. The van der Waals surface area contributed by atoms with Crippen LogP contribution in [0.4, 0.5) is 0 Å². The Kier molecular flexibility index (Phi) is 5.70. The summed E-state index contributed by atoms with van der Waals surface area (Å²) in [5.41, 5.74) is 9.64. The topological polar surface area (TPSA) is 9.86 Å². The fourth-order valence-corrected chi connectivity index (χ4v) is 8.52. The van der Waals surface area contributed by atoms with Crippen LogP contribution in [0.15, 0.2) is 182 Å². The predicted octanol–water partition coefficient (Wildman–Crippen LogP) is 13.0. The van der Waals surface area contributed by atoms with E-state index in [1.54, 1.807) is 0 Å². The van der Waals surface area contributed by atoms with E-state index in [1.165, 1.54) is 87.1 Å². The second kappa shape index (κ2) is 10.4. The van der Waals surface area contributed by atoms with E-state index < -0.39 is 0 Å². The highest BCUT2D eigenvalue weighted by Gasteiger charge is 2.21. The number of fused-ring (bicyclic) bond motifs is 13. The van der Waals surface area contributed by atoms with Gasteiger partial charge in [-0.1, -0.05) is 140 Å². The molecule has 0 amide bonds. The van der Waals surface area contributed by atoms with Gasteiger partial charge in [0.05, 0.1) is 22.1 Å². The maximum absolute atomic E-state index is 2.51. The lowest BCUT2D eigenvalue weighted by molar-refractivity contribution is 1.17. The molecular weight excluding hydrogens is 605 g/mol. The molecule has 0 saturated heterocycles. The van der Waals surface area contributed by atoms with Crippen LogP contribution in [0.2, 0.25) is 0 Å². The molecule has 11 rings (SSSR count). The molecule has 2 heterocycles. The van der Waals surface area contributed by atoms with Crippen molar-refractivity contribution in [1.82, 2.24) is 9.13 Å². The Morgan fingerprint density at radius 2 is 0.860 bits per heavy atom. The van der Waals surface area contributed by atoms with E-state index in [1.807, 2.05) is 0 Å². The van der Waals surface area contributed by atoms with Crippen LogP contribution < -0.4 is 0 Å². The van der Waals surface area contributed by atoms with Gasteiger partial charge in [0.2, 0.25) is 0 Å². The molecule has 0 radical (unpaired) electrons. The molecule has 2 nitrogen and oxygen atoms in total. The van der Waals surface area contributed by atoms with Gasteiger partial charge in [-0.3, -0.25) is 0 Å². The molecule has 0 aliphatic rings. The first-order chi connectivity index (χ1) is 24.8. The molecule has 50 heavy (non-hydrogen) atoms. The Hall–Kier alpha value is -6.64. The van der Waals surface area contributed by atoms with E-state index >= 15 is 0 Å². The first-order valence-corrected chi connectivity index (χ1v) is 17.3. The van der Waals surface area contributed by atoms with Gasteiger partial charge >= 0.3 is 0 Å². The van der Waals surface area contributed by atoms with E-state index in [4.69, 9.17) is 0 Å². The lowest BCUT2D eigenvalue weighted by Gasteiger charge is -2.14. The van der Waals surface area contributed by atoms with Crippen LogP contribution in [0.3, 0.4) is 0 Å². The zero-order valence-corrected chi connectivity index (χ0v) is 27.2. The molecule has 2 heteroatoms. The fraction of sp³-hybridized carbons (Fsp3) is 0. The highest BCUT2D eigenvalue weighted by molar-refractivity contribution is 6.36. The molecule has 0 N–H and O–H groups in total. The van der Waals surface area contributed by atoms with E-state index in [-0.39, 0.29) is 0 Å². The second-order valence-corrected chi connectivity index (χ2v) is 13.3. The summed E-state index contributed by atoms with van der Waals surface area (Å²) in [5.74, 6) is 0. The molecular formula is C48H30N2. The Balaban J connectivity index is 1.22. The predicted molar refractivity (Wildman–Crippen MR) is 213 cm³/mol. The maximum atomic E-state index is 2.51. The molecule has 0 aliphatic heterocycles. The Bertz CT molecular complexity index is 3120. The molecule has 9 aromatic carbocycles. The molecule has 0 atom stereocenters. The van der Waals surface area contributed by atoms with Gasteiger partial charge in [-0.15, -0.1) is 0 Å². The van der Waals surface area contributed by atoms with Crippen molar-refractivity contribution in [2.24, 2.45) is 0 Å². The number of benzene rings is 9. The molecule has 0 saturated carbocycles. The highest BCUT2D eigenvalue weighted by atomic mass is 15.0. The minimum Gasteiger partial charge on any atom is -0.309 e. The van der Waals surface area contributed by atoms with Gasteiger partial charge in [0.25, 0.3) is 0 Å². The summed E-state index contributed by atoms with van der Waals surface area (Å²) in [6.45, 7) is 0. The van der Waals surface area contributed by atoms with Crippen molar-refractivity contribution in [3.05, 3.63) is 182 Å². The molecule has 0 unspecified atom stereocenters.